The second kappa shape index (κ2) is 4.44. The van der Waals surface area contributed by atoms with Gasteiger partial charge in [0.2, 0.25) is 5.09 Å². The molecule has 1 fully saturated rings. The van der Waals surface area contributed by atoms with Gasteiger partial charge in [0.15, 0.2) is 0 Å². The van der Waals surface area contributed by atoms with E-state index in [2.05, 4.69) is 13.8 Å². The Morgan fingerprint density at radius 2 is 1.94 bits per heavy atom. The molecule has 17 heavy (non-hydrogen) atoms. The molecule has 2 unspecified atom stereocenters. The third kappa shape index (κ3) is 2.25. The average molecular weight is 258 g/mol. The molecule has 96 valence electrons. The molecule has 2 atom stereocenters. The minimum absolute atomic E-state index is 0.000694. The molecule has 1 aliphatic rings. The van der Waals surface area contributed by atoms with Gasteiger partial charge in [-0.25, -0.2) is 8.42 Å². The molecular formula is C11H18N2O3S. The van der Waals surface area contributed by atoms with Gasteiger partial charge in [0, 0.05) is 13.1 Å². The first-order valence-corrected chi connectivity index (χ1v) is 7.18. The number of sulfonamides is 1. The molecule has 0 radical (unpaired) electrons. The highest BCUT2D eigenvalue weighted by Crippen LogP contribution is 2.28. The molecule has 0 bridgehead atoms. The Morgan fingerprint density at radius 1 is 1.35 bits per heavy atom. The molecule has 1 aromatic rings. The van der Waals surface area contributed by atoms with Crippen LogP contribution in [-0.4, -0.2) is 25.8 Å². The van der Waals surface area contributed by atoms with Crippen LogP contribution in [-0.2, 0) is 16.6 Å². The highest BCUT2D eigenvalue weighted by Gasteiger charge is 2.36. The summed E-state index contributed by atoms with van der Waals surface area (Å²) in [7, 11) is -3.48. The van der Waals surface area contributed by atoms with Crippen molar-refractivity contribution in [2.45, 2.75) is 25.5 Å². The monoisotopic (exact) mass is 258 g/mol. The Hall–Kier alpha value is -0.850. The van der Waals surface area contributed by atoms with Crippen LogP contribution in [0.5, 0.6) is 0 Å². The first-order valence-electron chi connectivity index (χ1n) is 5.74. The van der Waals surface area contributed by atoms with Crippen molar-refractivity contribution in [2.24, 2.45) is 17.6 Å². The van der Waals surface area contributed by atoms with Crippen molar-refractivity contribution in [2.75, 3.05) is 13.1 Å². The molecular weight excluding hydrogens is 240 g/mol. The van der Waals surface area contributed by atoms with Gasteiger partial charge < -0.3 is 10.2 Å². The average Bonchev–Trinajstić information content (AvgIpc) is 2.87. The number of nitrogens with zero attached hydrogens (tertiary/aromatic N) is 1. The highest BCUT2D eigenvalue weighted by atomic mass is 32.2. The minimum Gasteiger partial charge on any atom is -0.447 e. The lowest BCUT2D eigenvalue weighted by atomic mass is 10.0. The number of hydrogen-bond acceptors (Lipinski definition) is 4. The molecule has 0 amide bonds. The molecule has 1 aliphatic heterocycles. The summed E-state index contributed by atoms with van der Waals surface area (Å²) in [5.74, 6) is 1.26. The zero-order chi connectivity index (χ0) is 12.6. The number of rotatable bonds is 3. The van der Waals surface area contributed by atoms with Gasteiger partial charge in [-0.2, -0.15) is 4.31 Å². The Bertz CT molecular complexity index is 485. The van der Waals surface area contributed by atoms with Crippen LogP contribution in [0.4, 0.5) is 0 Å². The lowest BCUT2D eigenvalue weighted by Gasteiger charge is -2.13. The number of hydrogen-bond donors (Lipinski definition) is 1. The first-order chi connectivity index (χ1) is 7.95. The van der Waals surface area contributed by atoms with E-state index in [9.17, 15) is 8.42 Å². The molecule has 0 aliphatic carbocycles. The van der Waals surface area contributed by atoms with Gasteiger partial charge in [0.25, 0.3) is 10.0 Å². The van der Waals surface area contributed by atoms with Gasteiger partial charge in [-0.3, -0.25) is 0 Å². The molecule has 0 saturated carbocycles. The first kappa shape index (κ1) is 12.6. The molecule has 6 heteroatoms. The number of furan rings is 1. The lowest BCUT2D eigenvalue weighted by Crippen LogP contribution is -2.28. The predicted molar refractivity (Wildman–Crippen MR) is 63.7 cm³/mol. The van der Waals surface area contributed by atoms with E-state index >= 15 is 0 Å². The van der Waals surface area contributed by atoms with Crippen LogP contribution >= 0.6 is 0 Å². The topological polar surface area (TPSA) is 76.5 Å². The van der Waals surface area contributed by atoms with Crippen molar-refractivity contribution >= 4 is 10.0 Å². The minimum atomic E-state index is -3.48. The quantitative estimate of drug-likeness (QED) is 0.878. The van der Waals surface area contributed by atoms with E-state index in [-0.39, 0.29) is 11.6 Å². The Balaban J connectivity index is 2.25. The third-order valence-corrected chi connectivity index (χ3v) is 5.09. The highest BCUT2D eigenvalue weighted by molar-refractivity contribution is 7.89. The van der Waals surface area contributed by atoms with Crippen LogP contribution in [0.2, 0.25) is 0 Å². The van der Waals surface area contributed by atoms with Crippen molar-refractivity contribution < 1.29 is 12.8 Å². The van der Waals surface area contributed by atoms with E-state index in [1.807, 2.05) is 0 Å². The maximum Gasteiger partial charge on any atom is 0.276 e. The largest absolute Gasteiger partial charge is 0.447 e. The van der Waals surface area contributed by atoms with Crippen molar-refractivity contribution in [1.29, 1.82) is 0 Å². The van der Waals surface area contributed by atoms with Gasteiger partial charge in [-0.15, -0.1) is 0 Å². The fraction of sp³-hybridized carbons (Fsp3) is 0.636. The maximum atomic E-state index is 12.2. The van der Waals surface area contributed by atoms with Gasteiger partial charge in [0.1, 0.15) is 5.76 Å². The summed E-state index contributed by atoms with van der Waals surface area (Å²) in [4.78, 5) is 0. The Kier molecular flexibility index (Phi) is 3.29. The van der Waals surface area contributed by atoms with Crippen molar-refractivity contribution in [3.05, 3.63) is 17.9 Å². The van der Waals surface area contributed by atoms with Crippen molar-refractivity contribution in [3.63, 3.8) is 0 Å². The molecule has 2 heterocycles. The van der Waals surface area contributed by atoms with Crippen LogP contribution < -0.4 is 5.73 Å². The second-order valence-corrected chi connectivity index (χ2v) is 6.57. The standard InChI is InChI=1S/C11H18N2O3S/c1-8-6-13(7-9(8)2)17(14,15)11-4-3-10(5-12)16-11/h3-4,8-9H,5-7,12H2,1-2H3. The fourth-order valence-electron chi connectivity index (χ4n) is 2.01. The molecule has 5 nitrogen and oxygen atoms in total. The molecule has 1 saturated heterocycles. The van der Waals surface area contributed by atoms with Gasteiger partial charge in [-0.05, 0) is 24.0 Å². The fourth-order valence-corrected chi connectivity index (χ4v) is 3.58. The van der Waals surface area contributed by atoms with E-state index in [1.165, 1.54) is 10.4 Å². The second-order valence-electron chi connectivity index (χ2n) is 4.70. The lowest BCUT2D eigenvalue weighted by molar-refractivity contribution is 0.386. The van der Waals surface area contributed by atoms with Gasteiger partial charge >= 0.3 is 0 Å². The molecule has 0 spiro atoms. The smallest absolute Gasteiger partial charge is 0.276 e. The summed E-state index contributed by atoms with van der Waals surface area (Å²) in [5, 5.41) is -0.000694. The summed E-state index contributed by atoms with van der Waals surface area (Å²) < 4.78 is 31.2. The SMILES string of the molecule is CC1CN(S(=O)(=O)c2ccc(CN)o2)CC1C. The summed E-state index contributed by atoms with van der Waals surface area (Å²) in [6.07, 6.45) is 0. The van der Waals surface area contributed by atoms with Crippen LogP contribution in [0, 0.1) is 11.8 Å². The summed E-state index contributed by atoms with van der Waals surface area (Å²) >= 11 is 0. The van der Waals surface area contributed by atoms with Crippen LogP contribution in [0.1, 0.15) is 19.6 Å². The molecule has 2 rings (SSSR count). The summed E-state index contributed by atoms with van der Waals surface area (Å²) in [6, 6.07) is 3.08. The third-order valence-electron chi connectivity index (χ3n) is 3.39. The van der Waals surface area contributed by atoms with E-state index in [0.29, 0.717) is 30.7 Å². The zero-order valence-corrected chi connectivity index (χ0v) is 10.9. The predicted octanol–water partition coefficient (Wildman–Crippen LogP) is 1.01. The van der Waals surface area contributed by atoms with Crippen LogP contribution in [0.15, 0.2) is 21.6 Å². The maximum absolute atomic E-state index is 12.2. The molecule has 2 N–H and O–H groups in total. The van der Waals surface area contributed by atoms with Gasteiger partial charge in [0.05, 0.1) is 6.54 Å². The van der Waals surface area contributed by atoms with Crippen molar-refractivity contribution in [1.82, 2.24) is 4.31 Å². The van der Waals surface area contributed by atoms with E-state index in [4.69, 9.17) is 10.2 Å². The summed E-state index contributed by atoms with van der Waals surface area (Å²) in [5.41, 5.74) is 5.40. The molecule has 0 aromatic carbocycles. The van der Waals surface area contributed by atoms with E-state index in [0.717, 1.165) is 0 Å². The molecule has 1 aromatic heterocycles. The Labute approximate surface area is 102 Å². The van der Waals surface area contributed by atoms with Crippen LogP contribution in [0.3, 0.4) is 0 Å². The Morgan fingerprint density at radius 3 is 2.41 bits per heavy atom. The van der Waals surface area contributed by atoms with E-state index in [1.54, 1.807) is 6.07 Å². The van der Waals surface area contributed by atoms with E-state index < -0.39 is 10.0 Å². The van der Waals surface area contributed by atoms with Crippen LogP contribution in [0.25, 0.3) is 0 Å². The van der Waals surface area contributed by atoms with Crippen molar-refractivity contribution in [3.8, 4) is 0 Å². The summed E-state index contributed by atoms with van der Waals surface area (Å²) in [6.45, 7) is 5.45. The van der Waals surface area contributed by atoms with Gasteiger partial charge in [-0.1, -0.05) is 13.8 Å². The normalized spacial score (nSPS) is 26.5. The zero-order valence-electron chi connectivity index (χ0n) is 10.1. The number of nitrogens with two attached hydrogens (primary N) is 1.